The summed E-state index contributed by atoms with van der Waals surface area (Å²) >= 11 is 0. The first kappa shape index (κ1) is 14.0. The quantitative estimate of drug-likeness (QED) is 0.740. The Morgan fingerprint density at radius 3 is 3.06 bits per heavy atom. The largest absolute Gasteiger partial charge is 0.484 e. The topological polar surface area (TPSA) is 82.3 Å². The van der Waals surface area contributed by atoms with Crippen molar-refractivity contribution in [1.82, 2.24) is 5.32 Å². The highest BCUT2D eigenvalue weighted by atomic mass is 16.5. The summed E-state index contributed by atoms with van der Waals surface area (Å²) in [6, 6.07) is 8.88. The highest BCUT2D eigenvalue weighted by Gasteiger charge is 2.04. The summed E-state index contributed by atoms with van der Waals surface area (Å²) in [5.41, 5.74) is 0.734. The number of nitriles is 1. The van der Waals surface area contributed by atoms with E-state index in [4.69, 9.17) is 10.00 Å². The third-order valence-electron chi connectivity index (χ3n) is 2.27. The van der Waals surface area contributed by atoms with Crippen LogP contribution in [0.25, 0.3) is 0 Å². The molecule has 1 aromatic carbocycles. The number of ether oxygens (including phenoxy) is 1. The summed E-state index contributed by atoms with van der Waals surface area (Å²) in [5.74, 6) is 0.261. The van der Waals surface area contributed by atoms with Gasteiger partial charge in [-0.3, -0.25) is 4.79 Å². The number of amides is 1. The van der Waals surface area contributed by atoms with E-state index in [9.17, 15) is 9.90 Å². The molecule has 0 aliphatic heterocycles. The molecule has 1 aromatic rings. The lowest BCUT2D eigenvalue weighted by Gasteiger charge is -2.09. The number of nitrogens with zero attached hydrogens (tertiary/aromatic N) is 1. The highest BCUT2D eigenvalue weighted by Crippen LogP contribution is 2.18. The van der Waals surface area contributed by atoms with Crippen LogP contribution in [0.1, 0.15) is 25.0 Å². The van der Waals surface area contributed by atoms with Gasteiger partial charge in [-0.25, -0.2) is 0 Å². The zero-order valence-corrected chi connectivity index (χ0v) is 10.2. The summed E-state index contributed by atoms with van der Waals surface area (Å²) in [5, 5.41) is 20.3. The van der Waals surface area contributed by atoms with Gasteiger partial charge in [0.2, 0.25) is 0 Å². The minimum Gasteiger partial charge on any atom is -0.484 e. The fourth-order valence-corrected chi connectivity index (χ4v) is 1.32. The van der Waals surface area contributed by atoms with Crippen molar-refractivity contribution in [3.05, 3.63) is 29.8 Å². The molecule has 0 saturated heterocycles. The van der Waals surface area contributed by atoms with Crippen molar-refractivity contribution < 1.29 is 14.6 Å². The first-order valence-electron chi connectivity index (χ1n) is 5.68. The second-order valence-corrected chi connectivity index (χ2v) is 3.80. The molecular weight excluding hydrogens is 232 g/mol. The number of hydrogen-bond donors (Lipinski definition) is 2. The van der Waals surface area contributed by atoms with Crippen molar-refractivity contribution in [1.29, 1.82) is 5.26 Å². The van der Waals surface area contributed by atoms with Crippen LogP contribution < -0.4 is 10.1 Å². The number of carbonyl (C=O) groups excluding carboxylic acids is 1. The second kappa shape index (κ2) is 7.30. The second-order valence-electron chi connectivity index (χ2n) is 3.80. The lowest BCUT2D eigenvalue weighted by atomic mass is 10.1. The van der Waals surface area contributed by atoms with Gasteiger partial charge in [0.25, 0.3) is 5.91 Å². The van der Waals surface area contributed by atoms with Gasteiger partial charge in [-0.15, -0.1) is 0 Å². The molecule has 96 valence electrons. The Hall–Kier alpha value is -2.06. The van der Waals surface area contributed by atoms with Crippen LogP contribution in [-0.2, 0) is 4.79 Å². The van der Waals surface area contributed by atoms with E-state index in [-0.39, 0.29) is 18.9 Å². The van der Waals surface area contributed by atoms with Crippen LogP contribution in [-0.4, -0.2) is 24.2 Å². The standard InChI is InChI=1S/C13H16N2O3/c1-10(16)11-4-2-5-12(8-11)18-9-13(17)15-7-3-6-14/h2,4-5,8,10,16H,3,7,9H2,1H3,(H,15,17). The van der Waals surface area contributed by atoms with E-state index < -0.39 is 6.10 Å². The summed E-state index contributed by atoms with van der Waals surface area (Å²) in [7, 11) is 0. The van der Waals surface area contributed by atoms with E-state index >= 15 is 0 Å². The molecule has 0 aliphatic carbocycles. The number of rotatable bonds is 6. The average molecular weight is 248 g/mol. The van der Waals surface area contributed by atoms with Crippen molar-refractivity contribution in [3.63, 3.8) is 0 Å². The Morgan fingerprint density at radius 2 is 2.39 bits per heavy atom. The van der Waals surface area contributed by atoms with Gasteiger partial charge in [-0.2, -0.15) is 5.26 Å². The fraction of sp³-hybridized carbons (Fsp3) is 0.385. The Balaban J connectivity index is 2.41. The molecule has 0 aliphatic rings. The van der Waals surface area contributed by atoms with Crippen LogP contribution in [0, 0.1) is 11.3 Å². The molecule has 1 atom stereocenters. The summed E-state index contributed by atoms with van der Waals surface area (Å²) in [6.07, 6.45) is -0.290. The smallest absolute Gasteiger partial charge is 0.257 e. The minimum atomic E-state index is -0.571. The number of nitrogens with one attached hydrogen (secondary N) is 1. The van der Waals surface area contributed by atoms with Gasteiger partial charge in [-0.1, -0.05) is 12.1 Å². The fourth-order valence-electron chi connectivity index (χ4n) is 1.32. The van der Waals surface area contributed by atoms with E-state index in [0.717, 1.165) is 5.56 Å². The average Bonchev–Trinajstić information content (AvgIpc) is 2.37. The summed E-state index contributed by atoms with van der Waals surface area (Å²) in [6.45, 7) is 1.88. The van der Waals surface area contributed by atoms with Crippen molar-refractivity contribution in [2.24, 2.45) is 0 Å². The maximum atomic E-state index is 11.3. The van der Waals surface area contributed by atoms with Crippen molar-refractivity contribution in [3.8, 4) is 11.8 Å². The molecule has 2 N–H and O–H groups in total. The molecule has 0 radical (unpaired) electrons. The molecule has 1 unspecified atom stereocenters. The molecule has 5 nitrogen and oxygen atoms in total. The summed E-state index contributed by atoms with van der Waals surface area (Å²) in [4.78, 5) is 11.3. The first-order valence-corrected chi connectivity index (χ1v) is 5.68. The molecule has 0 aromatic heterocycles. The molecule has 0 bridgehead atoms. The van der Waals surface area contributed by atoms with E-state index in [1.54, 1.807) is 31.2 Å². The van der Waals surface area contributed by atoms with E-state index in [1.807, 2.05) is 6.07 Å². The number of aliphatic hydroxyl groups excluding tert-OH is 1. The van der Waals surface area contributed by atoms with Gasteiger partial charge in [-0.05, 0) is 24.6 Å². The first-order chi connectivity index (χ1) is 8.63. The molecule has 5 heteroatoms. The van der Waals surface area contributed by atoms with Crippen molar-refractivity contribution in [2.75, 3.05) is 13.2 Å². The van der Waals surface area contributed by atoms with Crippen LogP contribution >= 0.6 is 0 Å². The molecule has 0 heterocycles. The van der Waals surface area contributed by atoms with Gasteiger partial charge in [0.15, 0.2) is 6.61 Å². The van der Waals surface area contributed by atoms with E-state index in [2.05, 4.69) is 5.32 Å². The van der Waals surface area contributed by atoms with Gasteiger partial charge in [0, 0.05) is 6.54 Å². The highest BCUT2D eigenvalue weighted by molar-refractivity contribution is 5.77. The van der Waals surface area contributed by atoms with Crippen LogP contribution in [0.4, 0.5) is 0 Å². The summed E-state index contributed by atoms with van der Waals surface area (Å²) < 4.78 is 5.28. The molecule has 0 saturated carbocycles. The van der Waals surface area contributed by atoms with Crippen molar-refractivity contribution >= 4 is 5.91 Å². The van der Waals surface area contributed by atoms with Gasteiger partial charge in [0.1, 0.15) is 5.75 Å². The lowest BCUT2D eigenvalue weighted by Crippen LogP contribution is -2.29. The third-order valence-corrected chi connectivity index (χ3v) is 2.27. The van der Waals surface area contributed by atoms with Gasteiger partial charge < -0.3 is 15.2 Å². The van der Waals surface area contributed by atoms with Crippen LogP contribution in [0.3, 0.4) is 0 Å². The normalized spacial score (nSPS) is 11.4. The Labute approximate surface area is 106 Å². The number of aliphatic hydroxyl groups is 1. The maximum absolute atomic E-state index is 11.3. The Bertz CT molecular complexity index is 438. The molecule has 1 amide bonds. The van der Waals surface area contributed by atoms with Crippen LogP contribution in [0.15, 0.2) is 24.3 Å². The molecular formula is C13H16N2O3. The number of hydrogen-bond acceptors (Lipinski definition) is 4. The lowest BCUT2D eigenvalue weighted by molar-refractivity contribution is -0.123. The Kier molecular flexibility index (Phi) is 5.68. The Morgan fingerprint density at radius 1 is 1.61 bits per heavy atom. The van der Waals surface area contributed by atoms with E-state index in [1.165, 1.54) is 0 Å². The van der Waals surface area contributed by atoms with Gasteiger partial charge in [0.05, 0.1) is 18.6 Å². The zero-order valence-electron chi connectivity index (χ0n) is 10.2. The SMILES string of the molecule is CC(O)c1cccc(OCC(=O)NCCC#N)c1. The molecule has 0 fully saturated rings. The predicted octanol–water partition coefficient (Wildman–Crippen LogP) is 1.15. The van der Waals surface area contributed by atoms with Gasteiger partial charge >= 0.3 is 0 Å². The van der Waals surface area contributed by atoms with Crippen LogP contribution in [0.5, 0.6) is 5.75 Å². The van der Waals surface area contributed by atoms with Crippen LogP contribution in [0.2, 0.25) is 0 Å². The molecule has 0 spiro atoms. The predicted molar refractivity (Wildman–Crippen MR) is 65.8 cm³/mol. The minimum absolute atomic E-state index is 0.102. The molecule has 18 heavy (non-hydrogen) atoms. The molecule has 1 rings (SSSR count). The van der Waals surface area contributed by atoms with E-state index in [0.29, 0.717) is 12.3 Å². The zero-order chi connectivity index (χ0) is 13.4. The van der Waals surface area contributed by atoms with Crippen molar-refractivity contribution in [2.45, 2.75) is 19.4 Å². The maximum Gasteiger partial charge on any atom is 0.257 e. The number of benzene rings is 1. The monoisotopic (exact) mass is 248 g/mol. The third kappa shape index (κ3) is 4.85. The number of carbonyl (C=O) groups is 1.